The lowest BCUT2D eigenvalue weighted by Crippen LogP contribution is -2.05. The molecule has 0 unspecified atom stereocenters. The number of fused-ring (bicyclic) bond motifs is 1. The molecule has 0 spiro atoms. The molecule has 0 radical (unpaired) electrons. The van der Waals surface area contributed by atoms with E-state index in [-0.39, 0.29) is 11.7 Å². The number of nitrogens with zero attached hydrogens (tertiary/aromatic N) is 5. The molecule has 158 valence electrons. The van der Waals surface area contributed by atoms with E-state index in [0.29, 0.717) is 28.0 Å². The SMILES string of the molecule is Cc1ccc2c(c1)c(C(=O)c1noc(-c3ccncn3)n1)c(Cl)n2Cc1ccc(Cl)cc1. The van der Waals surface area contributed by atoms with Gasteiger partial charge in [0.25, 0.3) is 5.89 Å². The van der Waals surface area contributed by atoms with Gasteiger partial charge in [-0.1, -0.05) is 52.1 Å². The Morgan fingerprint density at radius 1 is 1.09 bits per heavy atom. The van der Waals surface area contributed by atoms with E-state index in [1.54, 1.807) is 12.3 Å². The van der Waals surface area contributed by atoms with Crippen LogP contribution in [-0.4, -0.2) is 30.5 Å². The van der Waals surface area contributed by atoms with Crippen LogP contribution in [0.1, 0.15) is 27.3 Å². The van der Waals surface area contributed by atoms with E-state index in [2.05, 4.69) is 20.1 Å². The highest BCUT2D eigenvalue weighted by Crippen LogP contribution is 2.33. The molecule has 0 saturated heterocycles. The van der Waals surface area contributed by atoms with E-state index in [0.717, 1.165) is 22.0 Å². The molecular formula is C23H15Cl2N5O2. The highest BCUT2D eigenvalue weighted by atomic mass is 35.5. The summed E-state index contributed by atoms with van der Waals surface area (Å²) < 4.78 is 7.14. The largest absolute Gasteiger partial charge is 0.332 e. The molecule has 0 atom stereocenters. The predicted molar refractivity (Wildman–Crippen MR) is 121 cm³/mol. The second-order valence-corrected chi connectivity index (χ2v) is 8.04. The average Bonchev–Trinajstić information content (AvgIpc) is 3.39. The third-order valence-corrected chi connectivity index (χ3v) is 5.71. The molecule has 0 saturated carbocycles. The lowest BCUT2D eigenvalue weighted by atomic mass is 10.1. The van der Waals surface area contributed by atoms with Crippen LogP contribution in [0.5, 0.6) is 0 Å². The molecule has 0 N–H and O–H groups in total. The van der Waals surface area contributed by atoms with Crippen LogP contribution in [0.15, 0.2) is 65.6 Å². The maximum Gasteiger partial charge on any atom is 0.277 e. The average molecular weight is 464 g/mol. The summed E-state index contributed by atoms with van der Waals surface area (Å²) in [6.07, 6.45) is 2.92. The molecule has 0 fully saturated rings. The normalized spacial score (nSPS) is 11.2. The van der Waals surface area contributed by atoms with Crippen molar-refractivity contribution in [2.24, 2.45) is 0 Å². The quantitative estimate of drug-likeness (QED) is 0.325. The van der Waals surface area contributed by atoms with Crippen LogP contribution in [0.4, 0.5) is 0 Å². The minimum absolute atomic E-state index is 0.0902. The molecule has 3 heterocycles. The number of rotatable bonds is 5. The molecule has 2 aromatic carbocycles. The van der Waals surface area contributed by atoms with E-state index in [4.69, 9.17) is 27.7 Å². The molecule has 0 aliphatic carbocycles. The van der Waals surface area contributed by atoms with Crippen LogP contribution in [0.25, 0.3) is 22.5 Å². The third-order valence-electron chi connectivity index (χ3n) is 5.07. The van der Waals surface area contributed by atoms with Crippen molar-refractivity contribution in [3.63, 3.8) is 0 Å². The zero-order valence-electron chi connectivity index (χ0n) is 16.8. The van der Waals surface area contributed by atoms with Gasteiger partial charge >= 0.3 is 0 Å². The Bertz CT molecular complexity index is 1440. The molecule has 0 bridgehead atoms. The number of hydrogen-bond donors (Lipinski definition) is 0. The molecule has 32 heavy (non-hydrogen) atoms. The number of benzene rings is 2. The highest BCUT2D eigenvalue weighted by Gasteiger charge is 2.26. The molecule has 7 nitrogen and oxygen atoms in total. The molecular weight excluding hydrogens is 449 g/mol. The Morgan fingerprint density at radius 2 is 1.91 bits per heavy atom. The summed E-state index contributed by atoms with van der Waals surface area (Å²) in [6, 6.07) is 15.0. The fourth-order valence-electron chi connectivity index (χ4n) is 3.53. The van der Waals surface area contributed by atoms with Gasteiger partial charge in [0.1, 0.15) is 17.2 Å². The highest BCUT2D eigenvalue weighted by molar-refractivity contribution is 6.37. The molecule has 0 aliphatic rings. The summed E-state index contributed by atoms with van der Waals surface area (Å²) in [4.78, 5) is 25.6. The van der Waals surface area contributed by atoms with Crippen molar-refractivity contribution in [2.45, 2.75) is 13.5 Å². The van der Waals surface area contributed by atoms with Gasteiger partial charge in [0.2, 0.25) is 11.6 Å². The Hall–Kier alpha value is -3.55. The van der Waals surface area contributed by atoms with Gasteiger partial charge in [-0.15, -0.1) is 0 Å². The first-order chi connectivity index (χ1) is 15.5. The Labute approximate surface area is 192 Å². The molecule has 9 heteroatoms. The number of ketones is 1. The van der Waals surface area contributed by atoms with Crippen molar-refractivity contribution in [3.05, 3.63) is 93.7 Å². The van der Waals surface area contributed by atoms with Crippen LogP contribution in [0, 0.1) is 6.92 Å². The summed E-state index contributed by atoms with van der Waals surface area (Å²) in [6.45, 7) is 2.43. The number of hydrogen-bond acceptors (Lipinski definition) is 6. The number of aromatic nitrogens is 5. The minimum atomic E-state index is -0.426. The summed E-state index contributed by atoms with van der Waals surface area (Å²) in [5, 5.41) is 5.55. The van der Waals surface area contributed by atoms with E-state index < -0.39 is 5.78 Å². The van der Waals surface area contributed by atoms with Gasteiger partial charge in [0, 0.05) is 23.2 Å². The van der Waals surface area contributed by atoms with E-state index in [1.807, 2.05) is 54.0 Å². The number of carbonyl (C=O) groups excluding carboxylic acids is 1. The molecule has 5 aromatic rings. The van der Waals surface area contributed by atoms with Crippen LogP contribution >= 0.6 is 23.2 Å². The van der Waals surface area contributed by atoms with Crippen LogP contribution < -0.4 is 0 Å². The van der Waals surface area contributed by atoms with Gasteiger partial charge in [0.05, 0.1) is 11.1 Å². The number of carbonyl (C=O) groups is 1. The van der Waals surface area contributed by atoms with Gasteiger partial charge in [0.15, 0.2) is 0 Å². The Balaban J connectivity index is 1.60. The standard InChI is InChI=1S/C23H15Cl2N5O2/c1-13-2-7-18-16(10-13)19(21(25)30(18)11-14-3-5-15(24)6-4-14)20(31)22-28-23(32-29-22)17-8-9-26-12-27-17/h2-10,12H,11H2,1H3. The summed E-state index contributed by atoms with van der Waals surface area (Å²) >= 11 is 12.8. The fraction of sp³-hybridized carbons (Fsp3) is 0.0870. The van der Waals surface area contributed by atoms with Gasteiger partial charge in [-0.05, 0) is 42.8 Å². The number of aryl methyl sites for hydroxylation is 1. The van der Waals surface area contributed by atoms with E-state index in [1.165, 1.54) is 6.33 Å². The van der Waals surface area contributed by atoms with Gasteiger partial charge in [-0.25, -0.2) is 9.97 Å². The lowest BCUT2D eigenvalue weighted by molar-refractivity contribution is 0.102. The second kappa shape index (κ2) is 8.18. The fourth-order valence-corrected chi connectivity index (χ4v) is 3.99. The predicted octanol–water partition coefficient (Wildman–Crippen LogP) is 5.38. The Morgan fingerprint density at radius 3 is 2.66 bits per heavy atom. The maximum absolute atomic E-state index is 13.4. The summed E-state index contributed by atoms with van der Waals surface area (Å²) in [5.74, 6) is -0.384. The van der Waals surface area contributed by atoms with Crippen molar-refractivity contribution in [2.75, 3.05) is 0 Å². The zero-order valence-corrected chi connectivity index (χ0v) is 18.3. The topological polar surface area (TPSA) is 86.7 Å². The van der Waals surface area contributed by atoms with Crippen molar-refractivity contribution in [1.29, 1.82) is 0 Å². The first-order valence-corrected chi connectivity index (χ1v) is 10.4. The minimum Gasteiger partial charge on any atom is -0.332 e. The van der Waals surface area contributed by atoms with Crippen molar-refractivity contribution in [3.8, 4) is 11.6 Å². The zero-order chi connectivity index (χ0) is 22.2. The van der Waals surface area contributed by atoms with E-state index >= 15 is 0 Å². The maximum atomic E-state index is 13.4. The third kappa shape index (κ3) is 3.66. The van der Waals surface area contributed by atoms with Crippen LogP contribution in [0.2, 0.25) is 10.2 Å². The molecule has 0 amide bonds. The monoisotopic (exact) mass is 463 g/mol. The van der Waals surface area contributed by atoms with Crippen molar-refractivity contribution >= 4 is 39.9 Å². The first kappa shape index (κ1) is 20.4. The first-order valence-electron chi connectivity index (χ1n) is 9.69. The summed E-state index contributed by atoms with van der Waals surface area (Å²) in [7, 11) is 0. The Kier molecular flexibility index (Phi) is 5.20. The van der Waals surface area contributed by atoms with Crippen LogP contribution in [0.3, 0.4) is 0 Å². The molecule has 3 aromatic heterocycles. The van der Waals surface area contributed by atoms with E-state index in [9.17, 15) is 4.79 Å². The number of halogens is 2. The van der Waals surface area contributed by atoms with Crippen molar-refractivity contribution < 1.29 is 9.32 Å². The van der Waals surface area contributed by atoms with Crippen molar-refractivity contribution in [1.82, 2.24) is 24.7 Å². The molecule has 0 aliphatic heterocycles. The van der Waals surface area contributed by atoms with Gasteiger partial charge in [-0.2, -0.15) is 4.98 Å². The second-order valence-electron chi connectivity index (χ2n) is 7.25. The lowest BCUT2D eigenvalue weighted by Gasteiger charge is -2.08. The van der Waals surface area contributed by atoms with Gasteiger partial charge in [-0.3, -0.25) is 4.79 Å². The van der Waals surface area contributed by atoms with Crippen LogP contribution in [-0.2, 0) is 6.54 Å². The smallest absolute Gasteiger partial charge is 0.277 e. The molecule has 5 rings (SSSR count). The van der Waals surface area contributed by atoms with Gasteiger partial charge < -0.3 is 9.09 Å². The summed E-state index contributed by atoms with van der Waals surface area (Å²) in [5.41, 5.74) is 3.59.